The number of methoxy groups -OCH3 is 1. The highest BCUT2D eigenvalue weighted by Gasteiger charge is 2.21. The maximum Gasteiger partial charge on any atom is 0.122 e. The average Bonchev–Trinajstić information content (AvgIpc) is 2.60. The lowest BCUT2D eigenvalue weighted by Crippen LogP contribution is -2.12. The minimum Gasteiger partial charge on any atom is -0.496 e. The van der Waals surface area contributed by atoms with Crippen molar-refractivity contribution >= 4 is 0 Å². The first-order chi connectivity index (χ1) is 11.3. The van der Waals surface area contributed by atoms with Crippen LogP contribution < -0.4 is 4.74 Å². The average molecular weight is 315 g/mol. The zero-order valence-corrected chi connectivity index (χ0v) is 15.3. The van der Waals surface area contributed by atoms with Gasteiger partial charge in [0.2, 0.25) is 0 Å². The molecule has 1 fully saturated rings. The lowest BCUT2D eigenvalue weighted by molar-refractivity contribution is 0.374. The summed E-state index contributed by atoms with van der Waals surface area (Å²) in [7, 11) is 1.80. The van der Waals surface area contributed by atoms with Crippen LogP contribution in [0.5, 0.6) is 5.75 Å². The fraction of sp³-hybridized carbons (Fsp3) is 0.636. The molecule has 0 spiro atoms. The number of rotatable bonds is 8. The molecule has 128 valence electrons. The molecule has 1 heteroatoms. The smallest absolute Gasteiger partial charge is 0.122 e. The normalized spacial score (nSPS) is 21.7. The van der Waals surface area contributed by atoms with E-state index in [1.54, 1.807) is 7.11 Å². The van der Waals surface area contributed by atoms with Gasteiger partial charge in [-0.1, -0.05) is 51.0 Å². The summed E-state index contributed by atoms with van der Waals surface area (Å²) in [5.41, 5.74) is 2.95. The summed E-state index contributed by atoms with van der Waals surface area (Å²) in [6.45, 7) is 4.48. The van der Waals surface area contributed by atoms with Gasteiger partial charge >= 0.3 is 0 Å². The number of unbranched alkanes of at least 4 members (excludes halogenated alkanes) is 2. The molecule has 1 saturated carbocycles. The number of aryl methyl sites for hydroxylation is 1. The van der Waals surface area contributed by atoms with Crippen molar-refractivity contribution in [2.45, 2.75) is 77.6 Å². The van der Waals surface area contributed by atoms with Crippen molar-refractivity contribution in [1.29, 1.82) is 0 Å². The Kier molecular flexibility index (Phi) is 7.71. The van der Waals surface area contributed by atoms with Crippen molar-refractivity contribution in [2.75, 3.05) is 7.11 Å². The van der Waals surface area contributed by atoms with Gasteiger partial charge in [-0.25, -0.2) is 0 Å². The Balaban J connectivity index is 1.99. The van der Waals surface area contributed by atoms with Crippen molar-refractivity contribution in [3.05, 3.63) is 41.5 Å². The van der Waals surface area contributed by atoms with E-state index in [2.05, 4.69) is 44.2 Å². The highest BCUT2D eigenvalue weighted by Crippen LogP contribution is 2.38. The van der Waals surface area contributed by atoms with Gasteiger partial charge in [0.05, 0.1) is 7.11 Å². The Bertz CT molecular complexity index is 481. The maximum absolute atomic E-state index is 5.57. The van der Waals surface area contributed by atoms with Gasteiger partial charge in [-0.3, -0.25) is 0 Å². The quantitative estimate of drug-likeness (QED) is 0.384. The molecule has 0 atom stereocenters. The first-order valence-electron chi connectivity index (χ1n) is 9.61. The van der Waals surface area contributed by atoms with Gasteiger partial charge in [0.15, 0.2) is 0 Å². The van der Waals surface area contributed by atoms with Crippen molar-refractivity contribution < 1.29 is 4.74 Å². The third kappa shape index (κ3) is 5.41. The summed E-state index contributed by atoms with van der Waals surface area (Å²) in [6, 6.07) is 6.93. The third-order valence-corrected chi connectivity index (χ3v) is 5.24. The third-order valence-electron chi connectivity index (χ3n) is 5.24. The van der Waals surface area contributed by atoms with Crippen LogP contribution in [0.15, 0.2) is 30.4 Å². The molecule has 0 amide bonds. The van der Waals surface area contributed by atoms with Crippen LogP contribution in [-0.2, 0) is 6.42 Å². The second-order valence-corrected chi connectivity index (χ2v) is 6.98. The largest absolute Gasteiger partial charge is 0.496 e. The molecule has 0 bridgehead atoms. The van der Waals surface area contributed by atoms with Gasteiger partial charge in [-0.05, 0) is 74.0 Å². The van der Waals surface area contributed by atoms with Crippen LogP contribution in [0.25, 0.3) is 0 Å². The van der Waals surface area contributed by atoms with E-state index in [-0.39, 0.29) is 0 Å². The lowest BCUT2D eigenvalue weighted by Gasteiger charge is -2.27. The molecule has 1 aliphatic rings. The van der Waals surface area contributed by atoms with E-state index < -0.39 is 0 Å². The maximum atomic E-state index is 5.57. The topological polar surface area (TPSA) is 9.23 Å². The second kappa shape index (κ2) is 9.80. The minimum atomic E-state index is 0.747. The Morgan fingerprint density at radius 2 is 1.87 bits per heavy atom. The summed E-state index contributed by atoms with van der Waals surface area (Å²) in [4.78, 5) is 0. The highest BCUT2D eigenvalue weighted by atomic mass is 16.5. The number of hydrogen-bond donors (Lipinski definition) is 0. The first-order valence-corrected chi connectivity index (χ1v) is 9.61. The van der Waals surface area contributed by atoms with Crippen molar-refractivity contribution in [3.63, 3.8) is 0 Å². The van der Waals surface area contributed by atoms with Gasteiger partial charge < -0.3 is 4.74 Å². The highest BCUT2D eigenvalue weighted by molar-refractivity contribution is 5.39. The van der Waals surface area contributed by atoms with E-state index >= 15 is 0 Å². The fourth-order valence-electron chi connectivity index (χ4n) is 3.79. The molecular weight excluding hydrogens is 280 g/mol. The van der Waals surface area contributed by atoms with Crippen LogP contribution in [0.4, 0.5) is 0 Å². The van der Waals surface area contributed by atoms with Gasteiger partial charge in [-0.2, -0.15) is 0 Å². The molecule has 0 N–H and O–H groups in total. The summed E-state index contributed by atoms with van der Waals surface area (Å²) >= 11 is 0. The number of ether oxygens (including phenoxy) is 1. The van der Waals surface area contributed by atoms with Gasteiger partial charge in [-0.15, -0.1) is 0 Å². The fourth-order valence-corrected chi connectivity index (χ4v) is 3.79. The summed E-state index contributed by atoms with van der Waals surface area (Å²) in [5.74, 6) is 2.63. The minimum absolute atomic E-state index is 0.747. The van der Waals surface area contributed by atoms with Crippen LogP contribution in [-0.4, -0.2) is 7.11 Å². The van der Waals surface area contributed by atoms with Crippen LogP contribution in [0, 0.1) is 5.92 Å². The first kappa shape index (κ1) is 18.1. The lowest BCUT2D eigenvalue weighted by atomic mass is 9.78. The number of hydrogen-bond acceptors (Lipinski definition) is 1. The molecule has 1 nitrogen and oxygen atoms in total. The summed E-state index contributed by atoms with van der Waals surface area (Å²) < 4.78 is 5.57. The number of benzene rings is 1. The zero-order chi connectivity index (χ0) is 16.5. The van der Waals surface area contributed by atoms with E-state index in [0.29, 0.717) is 0 Å². The standard InChI is InChI=1S/C22H34O/c1-4-6-8-10-21-17-20(15-16-22(21)23-3)19-13-11-18(12-14-19)9-7-5-2/h7,9,15-19H,4-6,8,10-14H2,1-3H3/b9-7+. The Morgan fingerprint density at radius 3 is 2.52 bits per heavy atom. The predicted molar refractivity (Wildman–Crippen MR) is 100 cm³/mol. The SMILES string of the molecule is CC/C=C/C1CCC(c2ccc(OC)c(CCCCC)c2)CC1. The molecule has 0 radical (unpaired) electrons. The Morgan fingerprint density at radius 1 is 1.09 bits per heavy atom. The molecular formula is C22H34O. The van der Waals surface area contributed by atoms with Crippen molar-refractivity contribution in [2.24, 2.45) is 5.92 Å². The van der Waals surface area contributed by atoms with Crippen LogP contribution in [0.3, 0.4) is 0 Å². The molecule has 1 aromatic rings. The predicted octanol–water partition coefficient (Wildman–Crippen LogP) is 6.67. The summed E-state index contributed by atoms with van der Waals surface area (Å²) in [6.07, 6.45) is 16.3. The van der Waals surface area contributed by atoms with Crippen LogP contribution in [0.1, 0.15) is 82.3 Å². The molecule has 0 saturated heterocycles. The second-order valence-electron chi connectivity index (χ2n) is 6.98. The van der Waals surface area contributed by atoms with Gasteiger partial charge in [0.1, 0.15) is 5.75 Å². The van der Waals surface area contributed by atoms with E-state index in [4.69, 9.17) is 4.74 Å². The van der Waals surface area contributed by atoms with E-state index in [1.807, 2.05) is 0 Å². The van der Waals surface area contributed by atoms with Crippen molar-refractivity contribution in [1.82, 2.24) is 0 Å². The molecule has 0 unspecified atom stereocenters. The summed E-state index contributed by atoms with van der Waals surface area (Å²) in [5, 5.41) is 0. The van der Waals surface area contributed by atoms with Crippen molar-refractivity contribution in [3.8, 4) is 5.75 Å². The van der Waals surface area contributed by atoms with Crippen LogP contribution >= 0.6 is 0 Å². The Hall–Kier alpha value is -1.24. The molecule has 23 heavy (non-hydrogen) atoms. The van der Waals surface area contributed by atoms with Crippen LogP contribution in [0.2, 0.25) is 0 Å². The molecule has 1 aliphatic carbocycles. The molecule has 2 rings (SSSR count). The molecule has 0 heterocycles. The Labute approximate surface area is 143 Å². The molecule has 0 aromatic heterocycles. The van der Waals surface area contributed by atoms with Gasteiger partial charge in [0, 0.05) is 0 Å². The van der Waals surface area contributed by atoms with E-state index in [1.165, 1.54) is 62.5 Å². The number of allylic oxidation sites excluding steroid dienone is 2. The van der Waals surface area contributed by atoms with E-state index in [9.17, 15) is 0 Å². The van der Waals surface area contributed by atoms with Gasteiger partial charge in [0.25, 0.3) is 0 Å². The zero-order valence-electron chi connectivity index (χ0n) is 15.3. The molecule has 0 aliphatic heterocycles. The molecule has 1 aromatic carbocycles. The van der Waals surface area contributed by atoms with E-state index in [0.717, 1.165) is 24.0 Å². The monoisotopic (exact) mass is 314 g/mol.